The van der Waals surface area contributed by atoms with Crippen molar-refractivity contribution in [3.63, 3.8) is 0 Å². The Hall–Kier alpha value is -1.99. The minimum Gasteiger partial charge on any atom is -0.304 e. The molecule has 1 fully saturated rings. The molecule has 1 saturated heterocycles. The number of hydrogen-bond acceptors (Lipinski definition) is 3. The Morgan fingerprint density at radius 3 is 2.36 bits per heavy atom. The summed E-state index contributed by atoms with van der Waals surface area (Å²) in [7, 11) is 2.09. The largest absolute Gasteiger partial charge is 0.416 e. The highest BCUT2D eigenvalue weighted by Gasteiger charge is 2.31. The number of nitrogens with zero attached hydrogens (tertiary/aromatic N) is 3. The first-order chi connectivity index (χ1) is 11.8. The number of alkyl halides is 3. The number of benzene rings is 1. The van der Waals surface area contributed by atoms with Crippen LogP contribution in [0.2, 0.25) is 0 Å². The van der Waals surface area contributed by atoms with Crippen LogP contribution in [0.3, 0.4) is 0 Å². The molecule has 0 aliphatic carbocycles. The van der Waals surface area contributed by atoms with Crippen LogP contribution in [0, 0.1) is 5.82 Å². The first kappa shape index (κ1) is 17.8. The highest BCUT2D eigenvalue weighted by molar-refractivity contribution is 5.60. The second-order valence-corrected chi connectivity index (χ2v) is 6.36. The number of likely N-dealkylation sites (N-methyl/N-ethyl adjacent to an activating group) is 1. The average molecular weight is 353 g/mol. The zero-order valence-electron chi connectivity index (χ0n) is 13.9. The number of piperazine rings is 1. The van der Waals surface area contributed by atoms with E-state index in [-0.39, 0.29) is 5.56 Å². The Kier molecular flexibility index (Phi) is 5.06. The molecule has 134 valence electrons. The van der Waals surface area contributed by atoms with Crippen LogP contribution in [0.4, 0.5) is 17.6 Å². The van der Waals surface area contributed by atoms with Gasteiger partial charge in [-0.25, -0.2) is 4.39 Å². The van der Waals surface area contributed by atoms with Crippen molar-refractivity contribution in [2.24, 2.45) is 0 Å². The van der Waals surface area contributed by atoms with Gasteiger partial charge in [0.2, 0.25) is 0 Å². The van der Waals surface area contributed by atoms with Crippen molar-refractivity contribution in [2.45, 2.75) is 12.7 Å². The van der Waals surface area contributed by atoms with Crippen LogP contribution in [-0.4, -0.2) is 48.0 Å². The molecule has 0 bridgehead atoms. The van der Waals surface area contributed by atoms with Crippen molar-refractivity contribution < 1.29 is 17.6 Å². The van der Waals surface area contributed by atoms with Crippen LogP contribution >= 0.6 is 0 Å². The molecule has 1 aromatic heterocycles. The second-order valence-electron chi connectivity index (χ2n) is 6.36. The van der Waals surface area contributed by atoms with E-state index in [1.54, 1.807) is 12.3 Å². The summed E-state index contributed by atoms with van der Waals surface area (Å²) >= 11 is 0. The van der Waals surface area contributed by atoms with Gasteiger partial charge in [-0.15, -0.1) is 0 Å². The van der Waals surface area contributed by atoms with E-state index < -0.39 is 17.6 Å². The normalized spacial score (nSPS) is 17.0. The third-order valence-corrected chi connectivity index (χ3v) is 4.35. The molecule has 0 N–H and O–H groups in total. The quantitative estimate of drug-likeness (QED) is 0.785. The summed E-state index contributed by atoms with van der Waals surface area (Å²) in [6, 6.07) is 5.95. The molecular formula is C18H19F4N3. The van der Waals surface area contributed by atoms with Crippen LogP contribution < -0.4 is 0 Å². The first-order valence-corrected chi connectivity index (χ1v) is 8.05. The van der Waals surface area contributed by atoms with Gasteiger partial charge in [0.1, 0.15) is 5.82 Å². The molecular weight excluding hydrogens is 334 g/mol. The highest BCUT2D eigenvalue weighted by Crippen LogP contribution is 2.32. The molecule has 3 rings (SSSR count). The van der Waals surface area contributed by atoms with Crippen LogP contribution in [0.1, 0.15) is 11.1 Å². The van der Waals surface area contributed by atoms with Crippen LogP contribution in [0.15, 0.2) is 36.5 Å². The van der Waals surface area contributed by atoms with Gasteiger partial charge in [-0.2, -0.15) is 13.2 Å². The van der Waals surface area contributed by atoms with Crippen molar-refractivity contribution in [3.05, 3.63) is 53.5 Å². The van der Waals surface area contributed by atoms with Gasteiger partial charge in [-0.05, 0) is 36.9 Å². The Labute approximate surface area is 143 Å². The summed E-state index contributed by atoms with van der Waals surface area (Å²) in [4.78, 5) is 8.79. The standard InChI is InChI=1S/C18H19F4N3/c1-24-4-6-25(7-5-24)12-13-2-3-17(23-11-13)14-8-15(18(20,21)22)10-16(19)9-14/h2-3,8-11H,4-7,12H2,1H3. The molecule has 1 aliphatic heterocycles. The lowest BCUT2D eigenvalue weighted by Gasteiger charge is -2.32. The third kappa shape index (κ3) is 4.55. The Morgan fingerprint density at radius 1 is 1.04 bits per heavy atom. The number of halogens is 4. The summed E-state index contributed by atoms with van der Waals surface area (Å²) in [6.45, 7) is 4.70. The minimum absolute atomic E-state index is 0.124. The Bertz CT molecular complexity index is 720. The molecule has 0 spiro atoms. The number of hydrogen-bond donors (Lipinski definition) is 0. The van der Waals surface area contributed by atoms with Crippen molar-refractivity contribution in [2.75, 3.05) is 33.2 Å². The van der Waals surface area contributed by atoms with Crippen LogP contribution in [0.25, 0.3) is 11.3 Å². The predicted octanol–water partition coefficient (Wildman–Crippen LogP) is 3.65. The minimum atomic E-state index is -4.59. The van der Waals surface area contributed by atoms with Gasteiger partial charge in [0.05, 0.1) is 11.3 Å². The van der Waals surface area contributed by atoms with Crippen molar-refractivity contribution in [1.29, 1.82) is 0 Å². The lowest BCUT2D eigenvalue weighted by molar-refractivity contribution is -0.137. The maximum absolute atomic E-state index is 13.5. The Morgan fingerprint density at radius 2 is 1.76 bits per heavy atom. The molecule has 0 unspecified atom stereocenters. The van der Waals surface area contributed by atoms with Gasteiger partial charge in [-0.3, -0.25) is 9.88 Å². The van der Waals surface area contributed by atoms with Gasteiger partial charge in [-0.1, -0.05) is 6.07 Å². The predicted molar refractivity (Wildman–Crippen MR) is 87.4 cm³/mol. The van der Waals surface area contributed by atoms with Gasteiger partial charge >= 0.3 is 6.18 Å². The van der Waals surface area contributed by atoms with Crippen LogP contribution in [0.5, 0.6) is 0 Å². The molecule has 1 aliphatic rings. The summed E-state index contributed by atoms with van der Waals surface area (Å²) in [5, 5.41) is 0. The van der Waals surface area contributed by atoms with Gasteiger partial charge in [0.15, 0.2) is 0 Å². The fourth-order valence-electron chi connectivity index (χ4n) is 2.85. The Balaban J connectivity index is 1.75. The molecule has 3 nitrogen and oxygen atoms in total. The molecule has 0 amide bonds. The van der Waals surface area contributed by atoms with E-state index >= 15 is 0 Å². The van der Waals surface area contributed by atoms with E-state index in [0.29, 0.717) is 11.8 Å². The molecule has 0 saturated carbocycles. The van der Waals surface area contributed by atoms with Crippen molar-refractivity contribution in [1.82, 2.24) is 14.8 Å². The zero-order chi connectivity index (χ0) is 18.0. The van der Waals surface area contributed by atoms with E-state index in [0.717, 1.165) is 50.4 Å². The van der Waals surface area contributed by atoms with Crippen LogP contribution in [-0.2, 0) is 12.7 Å². The van der Waals surface area contributed by atoms with E-state index in [1.165, 1.54) is 0 Å². The summed E-state index contributed by atoms with van der Waals surface area (Å²) in [5.41, 5.74) is 0.428. The maximum atomic E-state index is 13.5. The molecule has 7 heteroatoms. The lowest BCUT2D eigenvalue weighted by atomic mass is 10.1. The molecule has 1 aromatic carbocycles. The highest BCUT2D eigenvalue weighted by atomic mass is 19.4. The van der Waals surface area contributed by atoms with Gasteiger partial charge < -0.3 is 4.90 Å². The monoisotopic (exact) mass is 353 g/mol. The number of rotatable bonds is 3. The summed E-state index contributed by atoms with van der Waals surface area (Å²) in [6.07, 6.45) is -2.94. The van der Waals surface area contributed by atoms with E-state index in [9.17, 15) is 17.6 Å². The molecule has 25 heavy (non-hydrogen) atoms. The molecule has 2 aromatic rings. The first-order valence-electron chi connectivity index (χ1n) is 8.05. The topological polar surface area (TPSA) is 19.4 Å². The van der Waals surface area contributed by atoms with Gasteiger partial charge in [0, 0.05) is 44.5 Å². The van der Waals surface area contributed by atoms with Crippen molar-refractivity contribution in [3.8, 4) is 11.3 Å². The maximum Gasteiger partial charge on any atom is 0.416 e. The lowest BCUT2D eigenvalue weighted by Crippen LogP contribution is -2.43. The van der Waals surface area contributed by atoms with E-state index in [2.05, 4.69) is 21.8 Å². The average Bonchev–Trinajstić information content (AvgIpc) is 2.56. The smallest absolute Gasteiger partial charge is 0.304 e. The third-order valence-electron chi connectivity index (χ3n) is 4.35. The van der Waals surface area contributed by atoms with Gasteiger partial charge in [0.25, 0.3) is 0 Å². The van der Waals surface area contributed by atoms with E-state index in [4.69, 9.17) is 0 Å². The second kappa shape index (κ2) is 7.09. The fourth-order valence-corrected chi connectivity index (χ4v) is 2.85. The van der Waals surface area contributed by atoms with Crippen molar-refractivity contribution >= 4 is 0 Å². The summed E-state index contributed by atoms with van der Waals surface area (Å²) < 4.78 is 52.0. The molecule has 0 radical (unpaired) electrons. The number of aromatic nitrogens is 1. The fraction of sp³-hybridized carbons (Fsp3) is 0.389. The number of pyridine rings is 1. The zero-order valence-corrected chi connectivity index (χ0v) is 13.9. The molecule has 2 heterocycles. The molecule has 0 atom stereocenters. The SMILES string of the molecule is CN1CCN(Cc2ccc(-c3cc(F)cc(C(F)(F)F)c3)nc2)CC1. The summed E-state index contributed by atoms with van der Waals surface area (Å²) in [5.74, 6) is -0.923. The van der Waals surface area contributed by atoms with E-state index in [1.807, 2.05) is 6.07 Å².